The van der Waals surface area contributed by atoms with Crippen LogP contribution in [-0.2, 0) is 14.8 Å². The van der Waals surface area contributed by atoms with Gasteiger partial charge in [0.05, 0.1) is 11.9 Å². The molecule has 0 amide bonds. The summed E-state index contributed by atoms with van der Waals surface area (Å²) in [7, 11) is -3.24. The maximum atomic E-state index is 11.8. The van der Waals surface area contributed by atoms with E-state index in [0.29, 0.717) is 19.4 Å². The molecule has 1 aliphatic carbocycles. The number of ether oxygens (including phenoxy) is 1. The molecule has 1 fully saturated rings. The summed E-state index contributed by atoms with van der Waals surface area (Å²) in [6, 6.07) is -0.0480. The van der Waals surface area contributed by atoms with Crippen molar-refractivity contribution in [3.8, 4) is 0 Å². The molecule has 0 heterocycles. The molecule has 1 rings (SSSR count). The fourth-order valence-electron chi connectivity index (χ4n) is 2.25. The van der Waals surface area contributed by atoms with Gasteiger partial charge in [-0.2, -0.15) is 0 Å². The summed E-state index contributed by atoms with van der Waals surface area (Å²) < 4.78 is 32.0. The minimum Gasteiger partial charge on any atom is -0.396 e. The van der Waals surface area contributed by atoms with Gasteiger partial charge in [0.1, 0.15) is 0 Å². The number of rotatable bonds is 8. The molecule has 2 N–H and O–H groups in total. The molecule has 0 saturated heterocycles. The van der Waals surface area contributed by atoms with Crippen LogP contribution in [0.1, 0.15) is 40.0 Å². The number of hydrogen-bond donors (Lipinski definition) is 2. The molecule has 1 aliphatic rings. The molecule has 1 saturated carbocycles. The van der Waals surface area contributed by atoms with Crippen molar-refractivity contribution in [2.45, 2.75) is 52.2 Å². The van der Waals surface area contributed by atoms with Crippen molar-refractivity contribution in [2.75, 3.05) is 19.0 Å². The lowest BCUT2D eigenvalue weighted by Crippen LogP contribution is -2.62. The third-order valence-electron chi connectivity index (χ3n) is 3.69. The van der Waals surface area contributed by atoms with Gasteiger partial charge in [-0.15, -0.1) is 0 Å². The number of hydrogen-bond acceptors (Lipinski definition) is 4. The van der Waals surface area contributed by atoms with Gasteiger partial charge in [-0.3, -0.25) is 0 Å². The molecule has 0 radical (unpaired) electrons. The van der Waals surface area contributed by atoms with Gasteiger partial charge < -0.3 is 9.84 Å². The third kappa shape index (κ3) is 3.91. The minimum atomic E-state index is -3.24. The first-order valence-corrected chi connectivity index (χ1v) is 8.21. The zero-order chi connectivity index (χ0) is 13.8. The third-order valence-corrected chi connectivity index (χ3v) is 5.16. The Morgan fingerprint density at radius 2 is 2.06 bits per heavy atom. The van der Waals surface area contributed by atoms with E-state index < -0.39 is 10.0 Å². The summed E-state index contributed by atoms with van der Waals surface area (Å²) in [4.78, 5) is 0. The molecular formula is C12H25NO4S. The first-order chi connectivity index (χ1) is 8.33. The molecule has 0 aliphatic heterocycles. The predicted octanol–water partition coefficient (Wildman–Crippen LogP) is 0.882. The Bertz CT molecular complexity index is 353. The van der Waals surface area contributed by atoms with Gasteiger partial charge in [0.25, 0.3) is 0 Å². The Hall–Kier alpha value is -0.170. The van der Waals surface area contributed by atoms with Gasteiger partial charge in [0, 0.05) is 24.7 Å². The average Bonchev–Trinajstić information content (AvgIpc) is 2.28. The fraction of sp³-hybridized carbons (Fsp3) is 1.00. The highest BCUT2D eigenvalue weighted by Crippen LogP contribution is 2.43. The van der Waals surface area contributed by atoms with Crippen LogP contribution in [0.4, 0.5) is 0 Å². The first kappa shape index (κ1) is 15.9. The van der Waals surface area contributed by atoms with Crippen LogP contribution in [0.5, 0.6) is 0 Å². The maximum Gasteiger partial charge on any atom is 0.211 e. The van der Waals surface area contributed by atoms with Crippen LogP contribution in [-0.4, -0.2) is 44.6 Å². The van der Waals surface area contributed by atoms with Gasteiger partial charge in [0.15, 0.2) is 0 Å². The molecule has 0 spiro atoms. The summed E-state index contributed by atoms with van der Waals surface area (Å²) in [6.45, 7) is 6.69. The normalized spacial score (nSPS) is 26.9. The van der Waals surface area contributed by atoms with E-state index in [1.165, 1.54) is 0 Å². The van der Waals surface area contributed by atoms with Crippen molar-refractivity contribution in [1.29, 1.82) is 0 Å². The molecule has 0 aromatic carbocycles. The van der Waals surface area contributed by atoms with E-state index in [4.69, 9.17) is 9.84 Å². The summed E-state index contributed by atoms with van der Waals surface area (Å²) in [5.74, 6) is 0.0828. The second kappa shape index (κ2) is 6.32. The molecule has 6 heteroatoms. The largest absolute Gasteiger partial charge is 0.396 e. The molecule has 2 unspecified atom stereocenters. The molecule has 0 aromatic heterocycles. The highest BCUT2D eigenvalue weighted by molar-refractivity contribution is 7.89. The number of aliphatic hydroxyl groups is 1. The highest BCUT2D eigenvalue weighted by Gasteiger charge is 2.50. The summed E-state index contributed by atoms with van der Waals surface area (Å²) >= 11 is 0. The van der Waals surface area contributed by atoms with Crippen molar-refractivity contribution in [3.05, 3.63) is 0 Å². The lowest BCUT2D eigenvalue weighted by Gasteiger charge is -2.51. The van der Waals surface area contributed by atoms with Gasteiger partial charge >= 0.3 is 0 Å². The zero-order valence-corrected chi connectivity index (χ0v) is 12.3. The molecular weight excluding hydrogens is 254 g/mol. The molecule has 5 nitrogen and oxygen atoms in total. The van der Waals surface area contributed by atoms with Crippen molar-refractivity contribution in [2.24, 2.45) is 5.41 Å². The lowest BCUT2D eigenvalue weighted by atomic mass is 9.65. The van der Waals surface area contributed by atoms with E-state index in [1.54, 1.807) is 0 Å². The van der Waals surface area contributed by atoms with Crippen molar-refractivity contribution in [3.63, 3.8) is 0 Å². The standard InChI is InChI=1S/C12H25NO4S/c1-4-17-11-9-10(12(11,2)3)13-18(15,16)8-6-5-7-14/h10-11,13-14H,4-9H2,1-3H3. The monoisotopic (exact) mass is 279 g/mol. The zero-order valence-electron chi connectivity index (χ0n) is 11.5. The van der Waals surface area contributed by atoms with E-state index in [2.05, 4.69) is 4.72 Å². The maximum absolute atomic E-state index is 11.8. The first-order valence-electron chi connectivity index (χ1n) is 6.56. The Morgan fingerprint density at radius 1 is 1.39 bits per heavy atom. The fourth-order valence-corrected chi connectivity index (χ4v) is 3.78. The van der Waals surface area contributed by atoms with E-state index in [9.17, 15) is 8.42 Å². The average molecular weight is 279 g/mol. The van der Waals surface area contributed by atoms with Crippen LogP contribution in [0.2, 0.25) is 0 Å². The Morgan fingerprint density at radius 3 is 2.56 bits per heavy atom. The van der Waals surface area contributed by atoms with Crippen LogP contribution in [0.25, 0.3) is 0 Å². The molecule has 0 aromatic rings. The Labute approximate surface area is 110 Å². The Balaban J connectivity index is 2.44. The van der Waals surface area contributed by atoms with Crippen LogP contribution in [0.15, 0.2) is 0 Å². The van der Waals surface area contributed by atoms with Crippen LogP contribution < -0.4 is 4.72 Å². The van der Waals surface area contributed by atoms with Gasteiger partial charge in [-0.1, -0.05) is 13.8 Å². The van der Waals surface area contributed by atoms with Crippen LogP contribution >= 0.6 is 0 Å². The second-order valence-corrected chi connectivity index (χ2v) is 7.29. The number of aliphatic hydroxyl groups excluding tert-OH is 1. The Kier molecular flexibility index (Phi) is 5.58. The van der Waals surface area contributed by atoms with E-state index in [0.717, 1.165) is 6.42 Å². The van der Waals surface area contributed by atoms with E-state index in [-0.39, 0.29) is 29.9 Å². The van der Waals surface area contributed by atoms with Gasteiger partial charge in [-0.05, 0) is 26.2 Å². The van der Waals surface area contributed by atoms with Gasteiger partial charge in [-0.25, -0.2) is 13.1 Å². The number of unbranched alkanes of at least 4 members (excludes halogenated alkanes) is 1. The summed E-state index contributed by atoms with van der Waals surface area (Å²) in [5, 5.41) is 8.65. The van der Waals surface area contributed by atoms with Crippen molar-refractivity contribution in [1.82, 2.24) is 4.72 Å². The van der Waals surface area contributed by atoms with Crippen molar-refractivity contribution < 1.29 is 18.3 Å². The lowest BCUT2D eigenvalue weighted by molar-refractivity contribution is -0.108. The smallest absolute Gasteiger partial charge is 0.211 e. The minimum absolute atomic E-state index is 0.0385. The summed E-state index contributed by atoms with van der Waals surface area (Å²) in [6.07, 6.45) is 1.89. The topological polar surface area (TPSA) is 75.6 Å². The summed E-state index contributed by atoms with van der Waals surface area (Å²) in [5.41, 5.74) is -0.153. The highest BCUT2D eigenvalue weighted by atomic mass is 32.2. The van der Waals surface area contributed by atoms with Crippen LogP contribution in [0, 0.1) is 5.41 Å². The van der Waals surface area contributed by atoms with Crippen LogP contribution in [0.3, 0.4) is 0 Å². The number of nitrogens with one attached hydrogen (secondary N) is 1. The quantitative estimate of drug-likeness (QED) is 0.647. The van der Waals surface area contributed by atoms with Crippen molar-refractivity contribution >= 4 is 10.0 Å². The second-order valence-electron chi connectivity index (χ2n) is 5.42. The molecule has 0 bridgehead atoms. The molecule has 108 valence electrons. The SMILES string of the molecule is CCOC1CC(NS(=O)(=O)CCCCO)C1(C)C. The van der Waals surface area contributed by atoms with E-state index in [1.807, 2.05) is 20.8 Å². The molecule has 18 heavy (non-hydrogen) atoms. The predicted molar refractivity (Wildman–Crippen MR) is 70.8 cm³/mol. The molecule has 2 atom stereocenters. The van der Waals surface area contributed by atoms with Gasteiger partial charge in [0.2, 0.25) is 10.0 Å². The van der Waals surface area contributed by atoms with E-state index >= 15 is 0 Å². The number of sulfonamides is 1.